The zero-order chi connectivity index (χ0) is 23.1. The molecule has 0 N–H and O–H groups in total. The Kier molecular flexibility index (Phi) is 8.22. The van der Waals surface area contributed by atoms with E-state index in [0.717, 1.165) is 12.0 Å². The van der Waals surface area contributed by atoms with E-state index in [-0.39, 0.29) is 11.9 Å². The summed E-state index contributed by atoms with van der Waals surface area (Å²) in [5.41, 5.74) is 2.10. The van der Waals surface area contributed by atoms with Crippen LogP contribution in [0.25, 0.3) is 0 Å². The Bertz CT molecular complexity index is 922. The van der Waals surface area contributed by atoms with Gasteiger partial charge in [0.25, 0.3) is 0 Å². The first-order valence-corrected chi connectivity index (χ1v) is 11.2. The van der Waals surface area contributed by atoms with Crippen LogP contribution in [0.2, 0.25) is 0 Å². The van der Waals surface area contributed by atoms with E-state index >= 15 is 4.39 Å². The summed E-state index contributed by atoms with van der Waals surface area (Å²) in [6.45, 7) is 6.47. The van der Waals surface area contributed by atoms with E-state index in [1.807, 2.05) is 49.1 Å². The van der Waals surface area contributed by atoms with Gasteiger partial charge in [-0.05, 0) is 37.1 Å². The topological polar surface area (TPSA) is 53.1 Å². The smallest absolute Gasteiger partial charge is 0.324 e. The number of methoxy groups -OCH3 is 1. The van der Waals surface area contributed by atoms with Gasteiger partial charge in [0.05, 0.1) is 12.8 Å². The van der Waals surface area contributed by atoms with Gasteiger partial charge in [0.2, 0.25) is 5.91 Å². The molecule has 1 aliphatic heterocycles. The molecule has 0 aromatic heterocycles. The SMILES string of the molecule is CCCC(=O)N(CC)c1ccc(N2CCN(Cc3ccccc3)C(C(=O)OC)C2)c(F)c1. The number of anilines is 2. The van der Waals surface area contributed by atoms with E-state index in [9.17, 15) is 9.59 Å². The molecule has 3 rings (SSSR count). The Labute approximate surface area is 189 Å². The number of carbonyl (C=O) groups is 2. The number of carbonyl (C=O) groups excluding carboxylic acids is 2. The number of hydrogen-bond acceptors (Lipinski definition) is 5. The number of ether oxygens (including phenoxy) is 1. The maximum Gasteiger partial charge on any atom is 0.324 e. The molecule has 172 valence electrons. The molecule has 2 aromatic carbocycles. The Morgan fingerprint density at radius 3 is 2.50 bits per heavy atom. The summed E-state index contributed by atoms with van der Waals surface area (Å²) in [5, 5.41) is 0. The highest BCUT2D eigenvalue weighted by atomic mass is 19.1. The van der Waals surface area contributed by atoms with Crippen molar-refractivity contribution in [3.63, 3.8) is 0 Å². The Morgan fingerprint density at radius 2 is 1.88 bits per heavy atom. The summed E-state index contributed by atoms with van der Waals surface area (Å²) < 4.78 is 20.2. The molecule has 32 heavy (non-hydrogen) atoms. The average Bonchev–Trinajstić information content (AvgIpc) is 2.80. The summed E-state index contributed by atoms with van der Waals surface area (Å²) in [7, 11) is 1.38. The molecule has 0 spiro atoms. The van der Waals surface area contributed by atoms with Gasteiger partial charge < -0.3 is 14.5 Å². The van der Waals surface area contributed by atoms with Gasteiger partial charge in [0.15, 0.2) is 0 Å². The Balaban J connectivity index is 1.78. The number of piperazine rings is 1. The van der Waals surface area contributed by atoms with E-state index < -0.39 is 11.9 Å². The number of halogens is 1. The number of amides is 1. The van der Waals surface area contributed by atoms with Crippen molar-refractivity contribution in [1.29, 1.82) is 0 Å². The summed E-state index contributed by atoms with van der Waals surface area (Å²) in [6.07, 6.45) is 1.18. The van der Waals surface area contributed by atoms with E-state index in [1.165, 1.54) is 13.2 Å². The van der Waals surface area contributed by atoms with E-state index in [4.69, 9.17) is 4.74 Å². The van der Waals surface area contributed by atoms with Crippen molar-refractivity contribution in [1.82, 2.24) is 4.90 Å². The third kappa shape index (κ3) is 5.46. The number of esters is 1. The number of hydrogen-bond donors (Lipinski definition) is 0. The van der Waals surface area contributed by atoms with Crippen molar-refractivity contribution in [2.45, 2.75) is 39.3 Å². The van der Waals surface area contributed by atoms with Crippen molar-refractivity contribution in [2.24, 2.45) is 0 Å². The molecule has 7 heteroatoms. The summed E-state index contributed by atoms with van der Waals surface area (Å²) in [4.78, 5) is 30.4. The maximum atomic E-state index is 15.1. The standard InChI is InChI=1S/C25H32FN3O3/c1-4-9-24(30)29(5-2)20-12-13-22(21(26)16-20)28-15-14-27(23(18-28)25(31)32-3)17-19-10-7-6-8-11-19/h6-8,10-13,16,23H,4-5,9,14-15,17-18H2,1-3H3. The molecule has 1 heterocycles. The van der Waals surface area contributed by atoms with E-state index in [2.05, 4.69) is 4.90 Å². The molecule has 1 amide bonds. The molecule has 2 aromatic rings. The van der Waals surface area contributed by atoms with Gasteiger partial charge in [-0.1, -0.05) is 37.3 Å². The fraction of sp³-hybridized carbons (Fsp3) is 0.440. The third-order valence-corrected chi connectivity index (χ3v) is 5.86. The molecule has 0 saturated carbocycles. The number of rotatable bonds is 8. The highest BCUT2D eigenvalue weighted by Crippen LogP contribution is 2.28. The summed E-state index contributed by atoms with van der Waals surface area (Å²) >= 11 is 0. The minimum Gasteiger partial charge on any atom is -0.468 e. The van der Waals surface area contributed by atoms with Crippen molar-refractivity contribution in [3.05, 3.63) is 59.9 Å². The van der Waals surface area contributed by atoms with Crippen LogP contribution in [0.15, 0.2) is 48.5 Å². The van der Waals surface area contributed by atoms with Crippen LogP contribution in [-0.2, 0) is 20.9 Å². The monoisotopic (exact) mass is 441 g/mol. The van der Waals surface area contributed by atoms with Crippen molar-refractivity contribution >= 4 is 23.3 Å². The second-order valence-electron chi connectivity index (χ2n) is 7.96. The van der Waals surface area contributed by atoms with Crippen LogP contribution < -0.4 is 9.80 Å². The first kappa shape index (κ1) is 23.7. The van der Waals surface area contributed by atoms with Gasteiger partial charge in [0.1, 0.15) is 11.9 Å². The van der Waals surface area contributed by atoms with Gasteiger partial charge in [-0.3, -0.25) is 14.5 Å². The molecular weight excluding hydrogens is 409 g/mol. The normalized spacial score (nSPS) is 16.6. The molecule has 1 unspecified atom stereocenters. The average molecular weight is 442 g/mol. The van der Waals surface area contributed by atoms with E-state index in [0.29, 0.717) is 50.5 Å². The Morgan fingerprint density at radius 1 is 1.12 bits per heavy atom. The van der Waals surface area contributed by atoms with Crippen LogP contribution in [0.4, 0.5) is 15.8 Å². The van der Waals surface area contributed by atoms with Crippen LogP contribution in [0.1, 0.15) is 32.3 Å². The molecular formula is C25H32FN3O3. The predicted octanol–water partition coefficient (Wildman–Crippen LogP) is 3.84. The lowest BCUT2D eigenvalue weighted by Crippen LogP contribution is -2.56. The zero-order valence-corrected chi connectivity index (χ0v) is 19.1. The highest BCUT2D eigenvalue weighted by Gasteiger charge is 2.34. The van der Waals surface area contributed by atoms with Crippen LogP contribution in [0.3, 0.4) is 0 Å². The fourth-order valence-corrected chi connectivity index (χ4v) is 4.18. The summed E-state index contributed by atoms with van der Waals surface area (Å²) in [5.74, 6) is -0.738. The lowest BCUT2D eigenvalue weighted by Gasteiger charge is -2.41. The predicted molar refractivity (Wildman–Crippen MR) is 124 cm³/mol. The van der Waals surface area contributed by atoms with Crippen LogP contribution >= 0.6 is 0 Å². The lowest BCUT2D eigenvalue weighted by molar-refractivity contribution is -0.147. The van der Waals surface area contributed by atoms with Crippen LogP contribution in [0.5, 0.6) is 0 Å². The molecule has 1 saturated heterocycles. The molecule has 6 nitrogen and oxygen atoms in total. The van der Waals surface area contributed by atoms with Gasteiger partial charge in [-0.25, -0.2) is 4.39 Å². The van der Waals surface area contributed by atoms with Crippen molar-refractivity contribution in [2.75, 3.05) is 43.1 Å². The highest BCUT2D eigenvalue weighted by molar-refractivity contribution is 5.93. The number of nitrogens with zero attached hydrogens (tertiary/aromatic N) is 3. The zero-order valence-electron chi connectivity index (χ0n) is 19.1. The Hall–Kier alpha value is -2.93. The molecule has 0 bridgehead atoms. The fourth-order valence-electron chi connectivity index (χ4n) is 4.18. The van der Waals surface area contributed by atoms with E-state index in [1.54, 1.807) is 17.0 Å². The van der Waals surface area contributed by atoms with Crippen LogP contribution in [-0.4, -0.2) is 56.1 Å². The van der Waals surface area contributed by atoms with Crippen molar-refractivity contribution < 1.29 is 18.7 Å². The largest absolute Gasteiger partial charge is 0.468 e. The lowest BCUT2D eigenvalue weighted by atomic mass is 10.1. The maximum absolute atomic E-state index is 15.1. The third-order valence-electron chi connectivity index (χ3n) is 5.86. The quantitative estimate of drug-likeness (QED) is 0.583. The minimum absolute atomic E-state index is 0.0116. The molecule has 1 aliphatic rings. The summed E-state index contributed by atoms with van der Waals surface area (Å²) in [6, 6.07) is 14.4. The molecule has 0 aliphatic carbocycles. The molecule has 1 fully saturated rings. The first-order valence-electron chi connectivity index (χ1n) is 11.2. The van der Waals surface area contributed by atoms with Gasteiger partial charge in [0, 0.05) is 44.8 Å². The minimum atomic E-state index is -0.494. The van der Waals surface area contributed by atoms with Gasteiger partial charge >= 0.3 is 5.97 Å². The molecule has 0 radical (unpaired) electrons. The second kappa shape index (κ2) is 11.1. The van der Waals surface area contributed by atoms with Crippen molar-refractivity contribution in [3.8, 4) is 0 Å². The molecule has 1 atom stereocenters. The van der Waals surface area contributed by atoms with Gasteiger partial charge in [-0.15, -0.1) is 0 Å². The first-order chi connectivity index (χ1) is 15.5. The second-order valence-corrected chi connectivity index (χ2v) is 7.96. The number of benzene rings is 2. The van der Waals surface area contributed by atoms with Gasteiger partial charge in [-0.2, -0.15) is 0 Å². The van der Waals surface area contributed by atoms with Crippen LogP contribution in [0, 0.1) is 5.82 Å².